The predicted molar refractivity (Wildman–Crippen MR) is 67.9 cm³/mol. The van der Waals surface area contributed by atoms with Crippen molar-refractivity contribution in [2.75, 3.05) is 13.1 Å². The van der Waals surface area contributed by atoms with Crippen molar-refractivity contribution in [2.45, 2.75) is 57.5 Å². The number of rotatable bonds is 2. The molecule has 0 aromatic carbocycles. The van der Waals surface area contributed by atoms with Crippen molar-refractivity contribution in [1.82, 2.24) is 9.80 Å². The highest BCUT2D eigenvalue weighted by Gasteiger charge is 2.48. The van der Waals surface area contributed by atoms with Crippen LogP contribution in [0.15, 0.2) is 0 Å². The van der Waals surface area contributed by atoms with Gasteiger partial charge in [0.2, 0.25) is 11.8 Å². The van der Waals surface area contributed by atoms with Crippen molar-refractivity contribution >= 4 is 11.8 Å². The minimum absolute atomic E-state index is 0.0734. The molecule has 0 aromatic rings. The van der Waals surface area contributed by atoms with E-state index in [0.29, 0.717) is 18.9 Å². The molecule has 3 aliphatic rings. The Hall–Kier alpha value is -1.06. The Bertz CT molecular complexity index is 387. The van der Waals surface area contributed by atoms with E-state index in [2.05, 4.69) is 13.8 Å². The van der Waals surface area contributed by atoms with Crippen LogP contribution in [0.25, 0.3) is 0 Å². The molecule has 3 fully saturated rings. The number of hydrogen-bond acceptors (Lipinski definition) is 2. The third-order valence-electron chi connectivity index (χ3n) is 4.95. The molecule has 4 nitrogen and oxygen atoms in total. The molecule has 100 valence electrons. The molecule has 0 spiro atoms. The van der Waals surface area contributed by atoms with Gasteiger partial charge in [0.15, 0.2) is 0 Å². The van der Waals surface area contributed by atoms with Crippen molar-refractivity contribution in [1.29, 1.82) is 0 Å². The van der Waals surface area contributed by atoms with Crippen molar-refractivity contribution < 1.29 is 9.59 Å². The van der Waals surface area contributed by atoms with E-state index in [9.17, 15) is 9.59 Å². The molecule has 4 heteroatoms. The van der Waals surface area contributed by atoms with E-state index in [1.54, 1.807) is 0 Å². The van der Waals surface area contributed by atoms with Gasteiger partial charge in [0.05, 0.1) is 0 Å². The average molecular weight is 250 g/mol. The maximum absolute atomic E-state index is 12.7. The van der Waals surface area contributed by atoms with Gasteiger partial charge in [-0.15, -0.1) is 0 Å². The highest BCUT2D eigenvalue weighted by Crippen LogP contribution is 2.44. The second-order valence-corrected chi connectivity index (χ2v) is 6.41. The molecule has 2 heterocycles. The van der Waals surface area contributed by atoms with Gasteiger partial charge in [-0.3, -0.25) is 9.59 Å². The standard InChI is InChI=1S/C14H22N2O2/c1-14(2,10-5-6-10)16-9-7-12(17)15-8-3-4-11(15)13(16)18/h10-11H,3-9H2,1-2H3. The Morgan fingerprint density at radius 2 is 1.83 bits per heavy atom. The van der Waals surface area contributed by atoms with Crippen molar-refractivity contribution in [3.8, 4) is 0 Å². The molecule has 0 bridgehead atoms. The Labute approximate surface area is 108 Å². The first-order valence-corrected chi connectivity index (χ1v) is 7.13. The summed E-state index contributed by atoms with van der Waals surface area (Å²) in [6, 6.07) is -0.168. The summed E-state index contributed by atoms with van der Waals surface area (Å²) >= 11 is 0. The van der Waals surface area contributed by atoms with Crippen molar-refractivity contribution in [2.24, 2.45) is 5.92 Å². The number of carbonyl (C=O) groups excluding carboxylic acids is 2. The summed E-state index contributed by atoms with van der Waals surface area (Å²) in [6.45, 7) is 5.70. The molecule has 3 rings (SSSR count). The summed E-state index contributed by atoms with van der Waals surface area (Å²) in [4.78, 5) is 28.5. The molecule has 2 saturated heterocycles. The predicted octanol–water partition coefficient (Wildman–Crippen LogP) is 1.40. The Morgan fingerprint density at radius 1 is 1.11 bits per heavy atom. The molecule has 1 aliphatic carbocycles. The number of fused-ring (bicyclic) bond motifs is 1. The molecule has 0 N–H and O–H groups in total. The van der Waals surface area contributed by atoms with Crippen LogP contribution in [0.3, 0.4) is 0 Å². The maximum atomic E-state index is 12.7. The van der Waals surface area contributed by atoms with Crippen molar-refractivity contribution in [3.05, 3.63) is 0 Å². The SMILES string of the molecule is CC(C)(C1CC1)N1CCC(=O)N2CCCC2C1=O. The minimum atomic E-state index is -0.168. The molecular formula is C14H22N2O2. The average Bonchev–Trinajstić information content (AvgIpc) is 3.08. The largest absolute Gasteiger partial charge is 0.335 e. The van der Waals surface area contributed by atoms with Gasteiger partial charge in [0.1, 0.15) is 6.04 Å². The normalized spacial score (nSPS) is 29.6. The van der Waals surface area contributed by atoms with Gasteiger partial charge in [-0.25, -0.2) is 0 Å². The lowest BCUT2D eigenvalue weighted by Crippen LogP contribution is -2.53. The van der Waals surface area contributed by atoms with Gasteiger partial charge >= 0.3 is 0 Å². The van der Waals surface area contributed by atoms with Crippen LogP contribution in [0.2, 0.25) is 0 Å². The van der Waals surface area contributed by atoms with E-state index >= 15 is 0 Å². The lowest BCUT2D eigenvalue weighted by atomic mass is 9.94. The van der Waals surface area contributed by atoms with E-state index in [1.165, 1.54) is 12.8 Å². The summed E-state index contributed by atoms with van der Waals surface area (Å²) in [5.74, 6) is 0.986. The van der Waals surface area contributed by atoms with Crippen LogP contribution in [0.4, 0.5) is 0 Å². The molecule has 1 unspecified atom stereocenters. The molecular weight excluding hydrogens is 228 g/mol. The molecule has 0 radical (unpaired) electrons. The zero-order valence-corrected chi connectivity index (χ0v) is 11.3. The van der Waals surface area contributed by atoms with Crippen LogP contribution < -0.4 is 0 Å². The smallest absolute Gasteiger partial charge is 0.245 e. The number of hydrogen-bond donors (Lipinski definition) is 0. The summed E-state index contributed by atoms with van der Waals surface area (Å²) in [6.07, 6.45) is 4.76. The highest BCUT2D eigenvalue weighted by atomic mass is 16.2. The van der Waals surface area contributed by atoms with E-state index in [0.717, 1.165) is 19.4 Å². The van der Waals surface area contributed by atoms with E-state index < -0.39 is 0 Å². The van der Waals surface area contributed by atoms with E-state index in [1.807, 2.05) is 9.80 Å². The van der Waals surface area contributed by atoms with Crippen LogP contribution in [-0.2, 0) is 9.59 Å². The molecule has 1 saturated carbocycles. The highest BCUT2D eigenvalue weighted by molar-refractivity contribution is 5.91. The molecule has 2 aliphatic heterocycles. The zero-order valence-electron chi connectivity index (χ0n) is 11.3. The molecule has 1 atom stereocenters. The lowest BCUT2D eigenvalue weighted by Gasteiger charge is -2.39. The van der Waals surface area contributed by atoms with E-state index in [4.69, 9.17) is 0 Å². The summed E-state index contributed by atoms with van der Waals surface area (Å²) in [7, 11) is 0. The van der Waals surface area contributed by atoms with Gasteiger partial charge in [-0.2, -0.15) is 0 Å². The van der Waals surface area contributed by atoms with Crippen LogP contribution in [0.5, 0.6) is 0 Å². The Kier molecular flexibility index (Phi) is 2.65. The number of nitrogens with zero attached hydrogens (tertiary/aromatic N) is 2. The lowest BCUT2D eigenvalue weighted by molar-refractivity contribution is -0.143. The van der Waals surface area contributed by atoms with Crippen LogP contribution in [0, 0.1) is 5.92 Å². The minimum Gasteiger partial charge on any atom is -0.335 e. The monoisotopic (exact) mass is 250 g/mol. The van der Waals surface area contributed by atoms with Crippen LogP contribution in [0.1, 0.15) is 46.0 Å². The molecule has 0 aromatic heterocycles. The summed E-state index contributed by atoms with van der Waals surface area (Å²) in [5, 5.41) is 0. The van der Waals surface area contributed by atoms with Gasteiger partial charge in [0, 0.05) is 25.0 Å². The van der Waals surface area contributed by atoms with Crippen LogP contribution in [-0.4, -0.2) is 46.3 Å². The maximum Gasteiger partial charge on any atom is 0.245 e. The second-order valence-electron chi connectivity index (χ2n) is 6.41. The quantitative estimate of drug-likeness (QED) is 0.743. The topological polar surface area (TPSA) is 40.6 Å². The molecule has 18 heavy (non-hydrogen) atoms. The third kappa shape index (κ3) is 1.73. The first-order valence-electron chi connectivity index (χ1n) is 7.13. The van der Waals surface area contributed by atoms with Gasteiger partial charge in [-0.05, 0) is 45.4 Å². The second kappa shape index (κ2) is 3.97. The fraction of sp³-hybridized carbons (Fsp3) is 0.857. The van der Waals surface area contributed by atoms with Crippen molar-refractivity contribution in [3.63, 3.8) is 0 Å². The number of carbonyl (C=O) groups is 2. The van der Waals surface area contributed by atoms with Gasteiger partial charge in [0.25, 0.3) is 0 Å². The Balaban J connectivity index is 1.87. The summed E-state index contributed by atoms with van der Waals surface area (Å²) < 4.78 is 0. The first kappa shape index (κ1) is 12.0. The first-order chi connectivity index (χ1) is 8.51. The third-order valence-corrected chi connectivity index (χ3v) is 4.95. The number of amides is 2. The molecule has 2 amide bonds. The fourth-order valence-electron chi connectivity index (χ4n) is 3.55. The van der Waals surface area contributed by atoms with Crippen LogP contribution >= 0.6 is 0 Å². The zero-order chi connectivity index (χ0) is 12.9. The Morgan fingerprint density at radius 3 is 2.50 bits per heavy atom. The van der Waals surface area contributed by atoms with Gasteiger partial charge in [-0.1, -0.05) is 0 Å². The summed E-state index contributed by atoms with van der Waals surface area (Å²) in [5.41, 5.74) is -0.0734. The van der Waals surface area contributed by atoms with E-state index in [-0.39, 0.29) is 23.4 Å². The van der Waals surface area contributed by atoms with Gasteiger partial charge < -0.3 is 9.80 Å². The fourth-order valence-corrected chi connectivity index (χ4v) is 3.55.